The predicted molar refractivity (Wildman–Crippen MR) is 90.1 cm³/mol. The number of esters is 1. The first kappa shape index (κ1) is 15.6. The molecule has 116 valence electrons. The normalized spacial score (nSPS) is 15.5. The van der Waals surface area contributed by atoms with Gasteiger partial charge in [-0.3, -0.25) is 0 Å². The van der Waals surface area contributed by atoms with Crippen LogP contribution >= 0.6 is 23.2 Å². The number of methoxy groups -OCH3 is 1. The summed E-state index contributed by atoms with van der Waals surface area (Å²) in [6.45, 7) is 0. The first-order chi connectivity index (χ1) is 11.1. The Labute approximate surface area is 143 Å². The van der Waals surface area contributed by atoms with Crippen molar-refractivity contribution < 1.29 is 14.3 Å². The molecule has 0 spiro atoms. The minimum Gasteiger partial charge on any atom is -0.497 e. The van der Waals surface area contributed by atoms with Crippen LogP contribution in [0, 0.1) is 0 Å². The van der Waals surface area contributed by atoms with E-state index in [2.05, 4.69) is 4.99 Å². The lowest BCUT2D eigenvalue weighted by Gasteiger charge is -2.02. The summed E-state index contributed by atoms with van der Waals surface area (Å²) < 4.78 is 10.4. The number of ether oxygens (including phenoxy) is 2. The van der Waals surface area contributed by atoms with Crippen molar-refractivity contribution >= 4 is 41.1 Å². The van der Waals surface area contributed by atoms with Gasteiger partial charge >= 0.3 is 5.97 Å². The van der Waals surface area contributed by atoms with Crippen molar-refractivity contribution in [3.8, 4) is 5.75 Å². The van der Waals surface area contributed by atoms with Crippen molar-refractivity contribution in [2.24, 2.45) is 4.99 Å². The molecule has 3 rings (SSSR count). The Balaban J connectivity index is 1.96. The average molecular weight is 348 g/mol. The molecule has 6 heteroatoms. The van der Waals surface area contributed by atoms with E-state index >= 15 is 0 Å². The van der Waals surface area contributed by atoms with Gasteiger partial charge in [0.15, 0.2) is 5.70 Å². The Morgan fingerprint density at radius 3 is 2.74 bits per heavy atom. The van der Waals surface area contributed by atoms with E-state index < -0.39 is 5.97 Å². The van der Waals surface area contributed by atoms with Gasteiger partial charge in [0.1, 0.15) is 5.75 Å². The number of rotatable bonds is 3. The van der Waals surface area contributed by atoms with Crippen LogP contribution in [0.1, 0.15) is 11.1 Å². The summed E-state index contributed by atoms with van der Waals surface area (Å²) in [5.74, 6) is 0.346. The molecule has 0 unspecified atom stereocenters. The standard InChI is InChI=1S/C17H11Cl2NO3/c1-22-13-4-2-3-11(7-13)16-20-15(17(21)23-16)8-10-5-6-12(18)9-14(10)19/h2-9H,1H3/b15-8-. The van der Waals surface area contributed by atoms with Crippen LogP contribution in [0.2, 0.25) is 10.0 Å². The highest BCUT2D eigenvalue weighted by Crippen LogP contribution is 2.26. The van der Waals surface area contributed by atoms with E-state index in [1.54, 1.807) is 55.7 Å². The fourth-order valence-corrected chi connectivity index (χ4v) is 2.52. The molecule has 0 aliphatic carbocycles. The zero-order valence-electron chi connectivity index (χ0n) is 12.0. The number of hydrogen-bond donors (Lipinski definition) is 0. The fraction of sp³-hybridized carbons (Fsp3) is 0.0588. The lowest BCUT2D eigenvalue weighted by Crippen LogP contribution is -2.05. The molecule has 1 heterocycles. The van der Waals surface area contributed by atoms with Crippen LogP contribution < -0.4 is 4.74 Å². The quantitative estimate of drug-likeness (QED) is 0.612. The van der Waals surface area contributed by atoms with E-state index in [1.807, 2.05) is 0 Å². The molecule has 0 fully saturated rings. The third kappa shape index (κ3) is 3.38. The number of carbonyl (C=O) groups is 1. The smallest absolute Gasteiger partial charge is 0.363 e. The number of benzene rings is 2. The molecule has 0 saturated carbocycles. The number of nitrogens with zero attached hydrogens (tertiary/aromatic N) is 1. The fourth-order valence-electron chi connectivity index (χ4n) is 2.05. The first-order valence-electron chi connectivity index (χ1n) is 6.69. The summed E-state index contributed by atoms with van der Waals surface area (Å²) in [5.41, 5.74) is 1.47. The van der Waals surface area contributed by atoms with Gasteiger partial charge in [0.05, 0.1) is 7.11 Å². The Kier molecular flexibility index (Phi) is 4.37. The second kappa shape index (κ2) is 6.44. The van der Waals surface area contributed by atoms with Crippen molar-refractivity contribution in [2.45, 2.75) is 0 Å². The summed E-state index contributed by atoms with van der Waals surface area (Å²) in [6.07, 6.45) is 1.56. The Hall–Kier alpha value is -2.30. The molecule has 0 amide bonds. The van der Waals surface area contributed by atoms with Crippen molar-refractivity contribution in [1.82, 2.24) is 0 Å². The van der Waals surface area contributed by atoms with Crippen LogP contribution in [-0.4, -0.2) is 19.0 Å². The zero-order valence-corrected chi connectivity index (χ0v) is 13.6. The highest BCUT2D eigenvalue weighted by Gasteiger charge is 2.24. The molecular weight excluding hydrogens is 337 g/mol. The molecule has 23 heavy (non-hydrogen) atoms. The zero-order chi connectivity index (χ0) is 16.4. The largest absolute Gasteiger partial charge is 0.497 e. The van der Waals surface area contributed by atoms with Gasteiger partial charge < -0.3 is 9.47 Å². The Morgan fingerprint density at radius 1 is 1.17 bits per heavy atom. The number of aliphatic imine (C=N–C) groups is 1. The maximum Gasteiger partial charge on any atom is 0.363 e. The van der Waals surface area contributed by atoms with Crippen molar-refractivity contribution in [3.63, 3.8) is 0 Å². The molecule has 0 N–H and O–H groups in total. The lowest BCUT2D eigenvalue weighted by atomic mass is 10.2. The van der Waals surface area contributed by atoms with Gasteiger partial charge in [-0.05, 0) is 42.0 Å². The molecule has 1 aliphatic heterocycles. The van der Waals surface area contributed by atoms with Gasteiger partial charge in [-0.2, -0.15) is 0 Å². The van der Waals surface area contributed by atoms with Crippen molar-refractivity contribution in [3.05, 3.63) is 69.3 Å². The molecule has 4 nitrogen and oxygen atoms in total. The SMILES string of the molecule is COc1cccc(C2=N/C(=C\c3ccc(Cl)cc3Cl)C(=O)O2)c1. The molecule has 0 bridgehead atoms. The van der Waals surface area contributed by atoms with Gasteiger partial charge in [-0.25, -0.2) is 9.79 Å². The van der Waals surface area contributed by atoms with Crippen LogP contribution in [-0.2, 0) is 9.53 Å². The second-order valence-electron chi connectivity index (χ2n) is 4.73. The maximum absolute atomic E-state index is 12.0. The monoisotopic (exact) mass is 347 g/mol. The molecule has 0 aromatic heterocycles. The van der Waals surface area contributed by atoms with Crippen molar-refractivity contribution in [1.29, 1.82) is 0 Å². The molecule has 0 radical (unpaired) electrons. The topological polar surface area (TPSA) is 47.9 Å². The van der Waals surface area contributed by atoms with Crippen LogP contribution in [0.15, 0.2) is 53.2 Å². The highest BCUT2D eigenvalue weighted by molar-refractivity contribution is 6.35. The predicted octanol–water partition coefficient (Wildman–Crippen LogP) is 4.35. The molecule has 1 aliphatic rings. The third-order valence-corrected chi connectivity index (χ3v) is 3.75. The molecule has 0 atom stereocenters. The summed E-state index contributed by atoms with van der Waals surface area (Å²) in [4.78, 5) is 16.2. The lowest BCUT2D eigenvalue weighted by molar-refractivity contribution is -0.129. The summed E-state index contributed by atoms with van der Waals surface area (Å²) in [7, 11) is 1.56. The van der Waals surface area contributed by atoms with E-state index in [9.17, 15) is 4.79 Å². The number of halogens is 2. The van der Waals surface area contributed by atoms with E-state index in [1.165, 1.54) is 0 Å². The first-order valence-corrected chi connectivity index (χ1v) is 7.44. The Morgan fingerprint density at radius 2 is 2.00 bits per heavy atom. The molecule has 0 saturated heterocycles. The minimum atomic E-state index is -0.533. The second-order valence-corrected chi connectivity index (χ2v) is 5.58. The van der Waals surface area contributed by atoms with Crippen LogP contribution in [0.5, 0.6) is 5.75 Å². The molecule has 2 aromatic carbocycles. The van der Waals surface area contributed by atoms with E-state index in [4.69, 9.17) is 32.7 Å². The Bertz CT molecular complexity index is 843. The van der Waals surface area contributed by atoms with Gasteiger partial charge in [0.25, 0.3) is 0 Å². The molecule has 2 aromatic rings. The third-order valence-electron chi connectivity index (χ3n) is 3.19. The summed E-state index contributed by atoms with van der Waals surface area (Å²) in [5, 5.41) is 0.953. The van der Waals surface area contributed by atoms with E-state index in [0.717, 1.165) is 0 Å². The minimum absolute atomic E-state index is 0.173. The highest BCUT2D eigenvalue weighted by atomic mass is 35.5. The average Bonchev–Trinajstić information content (AvgIpc) is 2.91. The van der Waals surface area contributed by atoms with E-state index in [-0.39, 0.29) is 11.6 Å². The van der Waals surface area contributed by atoms with Gasteiger partial charge in [-0.15, -0.1) is 0 Å². The van der Waals surface area contributed by atoms with Crippen LogP contribution in [0.4, 0.5) is 0 Å². The van der Waals surface area contributed by atoms with E-state index in [0.29, 0.717) is 26.9 Å². The van der Waals surface area contributed by atoms with Gasteiger partial charge in [-0.1, -0.05) is 35.3 Å². The van der Waals surface area contributed by atoms with Crippen LogP contribution in [0.3, 0.4) is 0 Å². The summed E-state index contributed by atoms with van der Waals surface area (Å²) in [6, 6.07) is 12.1. The maximum atomic E-state index is 12.0. The van der Waals surface area contributed by atoms with Gasteiger partial charge in [0, 0.05) is 15.6 Å². The summed E-state index contributed by atoms with van der Waals surface area (Å²) >= 11 is 12.0. The number of hydrogen-bond acceptors (Lipinski definition) is 4. The van der Waals surface area contributed by atoms with Crippen molar-refractivity contribution in [2.75, 3.05) is 7.11 Å². The van der Waals surface area contributed by atoms with Gasteiger partial charge in [0.2, 0.25) is 5.90 Å². The number of cyclic esters (lactones) is 1. The molecular formula is C17H11Cl2NO3. The number of carbonyl (C=O) groups excluding carboxylic acids is 1. The van der Waals surface area contributed by atoms with Crippen LogP contribution in [0.25, 0.3) is 6.08 Å².